The number of rotatable bonds is 17. The number of hydrogen-bond donors (Lipinski definition) is 1. The number of nitrogens with zero attached hydrogens (tertiary/aromatic N) is 1. The minimum Gasteiger partial charge on any atom is -0.379 e. The maximum absolute atomic E-state index is 10.5. The summed E-state index contributed by atoms with van der Waals surface area (Å²) in [6.07, 6.45) is 0.987. The fourth-order valence-electron chi connectivity index (χ4n) is 1.50. The van der Waals surface area contributed by atoms with E-state index < -0.39 is 10.1 Å². The standard InChI is InChI=1S/C14H31NO7S/c1-15(2)5-7-20-9-11-22-13-12-21-10-8-19-6-3-4-14-23(16,17)18/h3-14H2,1-2H3,(H,16,17,18). The van der Waals surface area contributed by atoms with Crippen molar-refractivity contribution in [2.45, 2.75) is 12.8 Å². The second kappa shape index (κ2) is 15.3. The first-order valence-electron chi connectivity index (χ1n) is 7.82. The van der Waals surface area contributed by atoms with Gasteiger partial charge >= 0.3 is 0 Å². The summed E-state index contributed by atoms with van der Waals surface area (Å²) >= 11 is 0. The van der Waals surface area contributed by atoms with Crippen LogP contribution in [0.3, 0.4) is 0 Å². The molecule has 0 saturated carbocycles. The van der Waals surface area contributed by atoms with Gasteiger partial charge in [-0.3, -0.25) is 4.55 Å². The second-order valence-corrected chi connectivity index (χ2v) is 6.82. The molecule has 0 rings (SSSR count). The van der Waals surface area contributed by atoms with E-state index in [0.717, 1.165) is 6.54 Å². The Hall–Kier alpha value is -0.290. The van der Waals surface area contributed by atoms with Crippen molar-refractivity contribution in [3.05, 3.63) is 0 Å². The molecule has 0 aromatic rings. The number of likely N-dealkylation sites (N-methyl/N-ethyl adjacent to an activating group) is 1. The number of unbranched alkanes of at least 4 members (excludes halogenated alkanes) is 1. The van der Waals surface area contributed by atoms with Crippen LogP contribution in [0.15, 0.2) is 0 Å². The monoisotopic (exact) mass is 357 g/mol. The molecule has 0 aliphatic rings. The molecule has 0 radical (unpaired) electrons. The summed E-state index contributed by atoms with van der Waals surface area (Å²) in [4.78, 5) is 2.06. The van der Waals surface area contributed by atoms with Gasteiger partial charge in [0.05, 0.1) is 52.0 Å². The van der Waals surface area contributed by atoms with Gasteiger partial charge in [-0.25, -0.2) is 0 Å². The maximum Gasteiger partial charge on any atom is 0.264 e. The molecule has 0 spiro atoms. The zero-order valence-corrected chi connectivity index (χ0v) is 15.1. The van der Waals surface area contributed by atoms with Crippen LogP contribution in [0.1, 0.15) is 12.8 Å². The Bertz CT molecular complexity index is 349. The van der Waals surface area contributed by atoms with Gasteiger partial charge in [-0.05, 0) is 26.9 Å². The van der Waals surface area contributed by atoms with E-state index in [1.807, 2.05) is 14.1 Å². The Morgan fingerprint density at radius 2 is 1.17 bits per heavy atom. The van der Waals surface area contributed by atoms with Crippen molar-refractivity contribution in [2.75, 3.05) is 79.2 Å². The van der Waals surface area contributed by atoms with Gasteiger partial charge in [0.25, 0.3) is 10.1 Å². The van der Waals surface area contributed by atoms with Crippen molar-refractivity contribution in [3.63, 3.8) is 0 Å². The van der Waals surface area contributed by atoms with Crippen LogP contribution in [0.4, 0.5) is 0 Å². The predicted octanol–water partition coefficient (Wildman–Crippen LogP) is 0.282. The van der Waals surface area contributed by atoms with E-state index in [9.17, 15) is 8.42 Å². The Balaban J connectivity index is 3.05. The lowest BCUT2D eigenvalue weighted by atomic mass is 10.4. The minimum absolute atomic E-state index is 0.219. The summed E-state index contributed by atoms with van der Waals surface area (Å²) in [5, 5.41) is 0. The van der Waals surface area contributed by atoms with Crippen molar-refractivity contribution in [2.24, 2.45) is 0 Å². The minimum atomic E-state index is -3.85. The molecule has 140 valence electrons. The molecule has 0 aliphatic heterocycles. The lowest BCUT2D eigenvalue weighted by Crippen LogP contribution is -2.19. The van der Waals surface area contributed by atoms with Crippen molar-refractivity contribution >= 4 is 10.1 Å². The molecule has 8 nitrogen and oxygen atoms in total. The first-order chi connectivity index (χ1) is 10.9. The Labute approximate surface area is 139 Å². The number of ether oxygens (including phenoxy) is 4. The SMILES string of the molecule is CN(C)CCOCCOCCOCCOCCCCS(=O)(=O)O. The molecule has 0 atom stereocenters. The highest BCUT2D eigenvalue weighted by Gasteiger charge is 2.02. The van der Waals surface area contributed by atoms with Gasteiger partial charge in [0.15, 0.2) is 0 Å². The fraction of sp³-hybridized carbons (Fsp3) is 1.00. The third kappa shape index (κ3) is 21.7. The molecule has 0 aromatic carbocycles. The average molecular weight is 357 g/mol. The van der Waals surface area contributed by atoms with E-state index in [2.05, 4.69) is 4.90 Å². The summed E-state index contributed by atoms with van der Waals surface area (Å²) in [7, 11) is 0.150. The molecule has 0 unspecified atom stereocenters. The summed E-state index contributed by atoms with van der Waals surface area (Å²) in [6.45, 7) is 5.16. The van der Waals surface area contributed by atoms with Gasteiger partial charge in [-0.15, -0.1) is 0 Å². The summed E-state index contributed by atoms with van der Waals surface area (Å²) in [5.74, 6) is -0.219. The molecule has 0 heterocycles. The summed E-state index contributed by atoms with van der Waals surface area (Å²) < 4.78 is 50.8. The average Bonchev–Trinajstić information content (AvgIpc) is 2.45. The molecule has 23 heavy (non-hydrogen) atoms. The molecule has 0 saturated heterocycles. The van der Waals surface area contributed by atoms with Crippen molar-refractivity contribution < 1.29 is 31.9 Å². The van der Waals surface area contributed by atoms with Gasteiger partial charge < -0.3 is 23.8 Å². The summed E-state index contributed by atoms with van der Waals surface area (Å²) in [5.41, 5.74) is 0. The predicted molar refractivity (Wildman–Crippen MR) is 87.5 cm³/mol. The van der Waals surface area contributed by atoms with E-state index >= 15 is 0 Å². The fourth-order valence-corrected chi connectivity index (χ4v) is 2.07. The van der Waals surface area contributed by atoms with Gasteiger partial charge in [0.1, 0.15) is 0 Å². The summed E-state index contributed by atoms with van der Waals surface area (Å²) in [6, 6.07) is 0. The van der Waals surface area contributed by atoms with E-state index in [0.29, 0.717) is 65.7 Å². The maximum atomic E-state index is 10.5. The quantitative estimate of drug-likeness (QED) is 0.293. The van der Waals surface area contributed by atoms with Crippen LogP contribution in [0.5, 0.6) is 0 Å². The lowest BCUT2D eigenvalue weighted by Gasteiger charge is -2.10. The molecule has 9 heteroatoms. The lowest BCUT2D eigenvalue weighted by molar-refractivity contribution is -0.00314. The third-order valence-electron chi connectivity index (χ3n) is 2.74. The van der Waals surface area contributed by atoms with Gasteiger partial charge in [-0.1, -0.05) is 0 Å². The third-order valence-corrected chi connectivity index (χ3v) is 3.54. The molecule has 0 amide bonds. The van der Waals surface area contributed by atoms with E-state index in [4.69, 9.17) is 23.5 Å². The van der Waals surface area contributed by atoms with E-state index in [1.54, 1.807) is 0 Å². The second-order valence-electron chi connectivity index (χ2n) is 5.25. The molecular weight excluding hydrogens is 326 g/mol. The van der Waals surface area contributed by atoms with Crippen LogP contribution >= 0.6 is 0 Å². The Morgan fingerprint density at radius 3 is 1.61 bits per heavy atom. The Morgan fingerprint density at radius 1 is 0.739 bits per heavy atom. The smallest absolute Gasteiger partial charge is 0.264 e. The van der Waals surface area contributed by atoms with Crippen molar-refractivity contribution in [3.8, 4) is 0 Å². The molecule has 0 aliphatic carbocycles. The zero-order chi connectivity index (χ0) is 17.4. The van der Waals surface area contributed by atoms with Crippen LogP contribution in [0.2, 0.25) is 0 Å². The first-order valence-corrected chi connectivity index (χ1v) is 9.43. The molecular formula is C14H31NO7S. The van der Waals surface area contributed by atoms with Crippen LogP contribution < -0.4 is 0 Å². The highest BCUT2D eigenvalue weighted by atomic mass is 32.2. The van der Waals surface area contributed by atoms with E-state index in [-0.39, 0.29) is 5.75 Å². The van der Waals surface area contributed by atoms with E-state index in [1.165, 1.54) is 0 Å². The van der Waals surface area contributed by atoms with Crippen LogP contribution in [-0.2, 0) is 29.1 Å². The largest absolute Gasteiger partial charge is 0.379 e. The van der Waals surface area contributed by atoms with Crippen LogP contribution in [0, 0.1) is 0 Å². The molecule has 1 N–H and O–H groups in total. The Kier molecular flexibility index (Phi) is 15.1. The zero-order valence-electron chi connectivity index (χ0n) is 14.2. The van der Waals surface area contributed by atoms with Crippen LogP contribution in [0.25, 0.3) is 0 Å². The topological polar surface area (TPSA) is 94.5 Å². The first kappa shape index (κ1) is 22.7. The molecule has 0 bridgehead atoms. The van der Waals surface area contributed by atoms with Gasteiger partial charge in [-0.2, -0.15) is 8.42 Å². The molecule has 0 fully saturated rings. The van der Waals surface area contributed by atoms with Crippen molar-refractivity contribution in [1.82, 2.24) is 4.90 Å². The molecule has 0 aromatic heterocycles. The highest BCUT2D eigenvalue weighted by molar-refractivity contribution is 7.85. The van der Waals surface area contributed by atoms with Crippen molar-refractivity contribution in [1.29, 1.82) is 0 Å². The number of hydrogen-bond acceptors (Lipinski definition) is 7. The van der Waals surface area contributed by atoms with Gasteiger partial charge in [0.2, 0.25) is 0 Å². The van der Waals surface area contributed by atoms with Gasteiger partial charge in [0, 0.05) is 13.2 Å². The highest BCUT2D eigenvalue weighted by Crippen LogP contribution is 1.94. The van der Waals surface area contributed by atoms with Crippen LogP contribution in [-0.4, -0.2) is 97.1 Å². The normalized spacial score (nSPS) is 12.2.